The molecule has 1 heterocycles. The monoisotopic (exact) mass is 414 g/mol. The van der Waals surface area contributed by atoms with E-state index in [2.05, 4.69) is 10.6 Å². The molecule has 30 heavy (non-hydrogen) atoms. The molecular weight excluding hydrogens is 391 g/mol. The van der Waals surface area contributed by atoms with E-state index < -0.39 is 24.0 Å². The van der Waals surface area contributed by atoms with E-state index in [0.29, 0.717) is 16.8 Å². The summed E-state index contributed by atoms with van der Waals surface area (Å²) in [6.07, 6.45) is -1.08. The zero-order chi connectivity index (χ0) is 21.8. The van der Waals surface area contributed by atoms with Crippen LogP contribution in [0.2, 0.25) is 0 Å². The van der Waals surface area contributed by atoms with Gasteiger partial charge in [0.05, 0.1) is 24.8 Å². The van der Waals surface area contributed by atoms with Gasteiger partial charge in [0.2, 0.25) is 5.91 Å². The lowest BCUT2D eigenvalue weighted by molar-refractivity contribution is -0.119. The van der Waals surface area contributed by atoms with Gasteiger partial charge in [-0.05, 0) is 36.2 Å². The first-order valence-corrected chi connectivity index (χ1v) is 9.43. The molecule has 1 aliphatic rings. The molecule has 2 aromatic carbocycles. The number of amides is 4. The molecule has 2 aromatic rings. The number of anilines is 1. The van der Waals surface area contributed by atoms with Crippen LogP contribution in [0.5, 0.6) is 0 Å². The fourth-order valence-corrected chi connectivity index (χ4v) is 3.25. The molecule has 0 radical (unpaired) electrons. The Balaban J connectivity index is 1.73. The Bertz CT molecular complexity index is 964. The molecule has 9 heteroatoms. The highest BCUT2D eigenvalue weighted by molar-refractivity contribution is 5.90. The lowest BCUT2D eigenvalue weighted by atomic mass is 10.0. The Hall–Kier alpha value is -3.62. The zero-order valence-corrected chi connectivity index (χ0v) is 16.6. The van der Waals surface area contributed by atoms with Crippen molar-refractivity contribution in [2.45, 2.75) is 26.0 Å². The van der Waals surface area contributed by atoms with E-state index in [1.807, 2.05) is 0 Å². The molecule has 1 aliphatic heterocycles. The summed E-state index contributed by atoms with van der Waals surface area (Å²) in [6.45, 7) is 3.60. The van der Waals surface area contributed by atoms with Crippen LogP contribution in [0.1, 0.15) is 25.5 Å². The van der Waals surface area contributed by atoms with Crippen molar-refractivity contribution in [1.29, 1.82) is 0 Å². The van der Waals surface area contributed by atoms with Crippen LogP contribution in [-0.4, -0.2) is 37.2 Å². The predicted octanol–water partition coefficient (Wildman–Crippen LogP) is 2.68. The van der Waals surface area contributed by atoms with Crippen LogP contribution in [0.4, 0.5) is 19.7 Å². The third kappa shape index (κ3) is 4.86. The lowest BCUT2D eigenvalue weighted by Gasteiger charge is -2.15. The third-order valence-electron chi connectivity index (χ3n) is 4.80. The summed E-state index contributed by atoms with van der Waals surface area (Å²) in [7, 11) is 0. The number of nitrogens with zero attached hydrogens (tertiary/aromatic N) is 1. The van der Waals surface area contributed by atoms with Crippen molar-refractivity contribution < 1.29 is 23.5 Å². The van der Waals surface area contributed by atoms with Crippen LogP contribution in [0.15, 0.2) is 42.5 Å². The SMILES string of the molecule is CC(=O)NC[C@H]1CN(c2ccc(-c3ccc(C(C)NC(N)=O)cc3)c(F)c2)C(=O)O1. The molecule has 0 saturated carbocycles. The summed E-state index contributed by atoms with van der Waals surface area (Å²) in [5.74, 6) is -0.701. The number of ether oxygens (including phenoxy) is 1. The zero-order valence-electron chi connectivity index (χ0n) is 16.6. The Morgan fingerprint density at radius 3 is 2.57 bits per heavy atom. The lowest BCUT2D eigenvalue weighted by Crippen LogP contribution is -2.33. The maximum Gasteiger partial charge on any atom is 0.414 e. The van der Waals surface area contributed by atoms with Crippen molar-refractivity contribution in [3.05, 3.63) is 53.8 Å². The predicted molar refractivity (Wildman–Crippen MR) is 109 cm³/mol. The molecule has 0 aliphatic carbocycles. The fourth-order valence-electron chi connectivity index (χ4n) is 3.25. The Morgan fingerprint density at radius 1 is 1.27 bits per heavy atom. The van der Waals surface area contributed by atoms with Gasteiger partial charge in [0.25, 0.3) is 0 Å². The molecule has 158 valence electrons. The number of primary amides is 1. The first-order valence-electron chi connectivity index (χ1n) is 9.43. The highest BCUT2D eigenvalue weighted by atomic mass is 19.1. The van der Waals surface area contributed by atoms with Crippen LogP contribution < -0.4 is 21.3 Å². The topological polar surface area (TPSA) is 114 Å². The van der Waals surface area contributed by atoms with Gasteiger partial charge < -0.3 is 21.1 Å². The van der Waals surface area contributed by atoms with Gasteiger partial charge in [-0.3, -0.25) is 9.69 Å². The number of benzene rings is 2. The quantitative estimate of drug-likeness (QED) is 0.674. The van der Waals surface area contributed by atoms with Crippen molar-refractivity contribution in [2.24, 2.45) is 5.73 Å². The van der Waals surface area contributed by atoms with E-state index in [9.17, 15) is 18.8 Å². The van der Waals surface area contributed by atoms with E-state index in [1.54, 1.807) is 43.3 Å². The van der Waals surface area contributed by atoms with Crippen molar-refractivity contribution in [2.75, 3.05) is 18.0 Å². The number of nitrogens with two attached hydrogens (primary N) is 1. The molecule has 1 unspecified atom stereocenters. The average molecular weight is 414 g/mol. The largest absolute Gasteiger partial charge is 0.442 e. The van der Waals surface area contributed by atoms with Gasteiger partial charge in [0.1, 0.15) is 11.9 Å². The van der Waals surface area contributed by atoms with E-state index in [0.717, 1.165) is 5.56 Å². The molecule has 1 fully saturated rings. The minimum Gasteiger partial charge on any atom is -0.442 e. The summed E-state index contributed by atoms with van der Waals surface area (Å²) in [6, 6.07) is 10.7. The highest BCUT2D eigenvalue weighted by Gasteiger charge is 2.32. The van der Waals surface area contributed by atoms with Crippen molar-refractivity contribution in [1.82, 2.24) is 10.6 Å². The van der Waals surface area contributed by atoms with Gasteiger partial charge in [0, 0.05) is 12.5 Å². The minimum absolute atomic E-state index is 0.202. The van der Waals surface area contributed by atoms with Gasteiger partial charge >= 0.3 is 12.1 Å². The molecule has 4 N–H and O–H groups in total. The number of halogens is 1. The smallest absolute Gasteiger partial charge is 0.414 e. The number of hydrogen-bond donors (Lipinski definition) is 3. The van der Waals surface area contributed by atoms with Crippen molar-refractivity contribution in [3.8, 4) is 11.1 Å². The first kappa shape index (κ1) is 21.1. The molecule has 0 bridgehead atoms. The molecule has 8 nitrogen and oxygen atoms in total. The number of rotatable bonds is 6. The molecule has 4 amide bonds. The number of nitrogens with one attached hydrogen (secondary N) is 2. The van der Waals surface area contributed by atoms with Crippen molar-refractivity contribution in [3.63, 3.8) is 0 Å². The minimum atomic E-state index is -0.618. The van der Waals surface area contributed by atoms with Crippen LogP contribution in [0.25, 0.3) is 11.1 Å². The van der Waals surface area contributed by atoms with Gasteiger partial charge in [0.15, 0.2) is 0 Å². The first-order chi connectivity index (χ1) is 14.2. The molecule has 0 aromatic heterocycles. The van der Waals surface area contributed by atoms with Crippen LogP contribution in [0, 0.1) is 5.82 Å². The number of carbonyl (C=O) groups is 3. The molecule has 3 rings (SSSR count). The van der Waals surface area contributed by atoms with Crippen LogP contribution >= 0.6 is 0 Å². The number of hydrogen-bond acceptors (Lipinski definition) is 4. The van der Waals surface area contributed by atoms with Crippen molar-refractivity contribution >= 4 is 23.7 Å². The van der Waals surface area contributed by atoms with E-state index in [4.69, 9.17) is 10.5 Å². The number of carbonyl (C=O) groups excluding carboxylic acids is 3. The standard InChI is InChI=1S/C21H23FN4O4/c1-12(25-20(23)28)14-3-5-15(6-4-14)18-8-7-16(9-19(18)22)26-11-17(30-21(26)29)10-24-13(2)27/h3-9,12,17H,10-11H2,1-2H3,(H,24,27)(H3,23,25,28)/t12?,17-/m0/s1. The second-order valence-electron chi connectivity index (χ2n) is 7.07. The second kappa shape index (κ2) is 8.81. The highest BCUT2D eigenvalue weighted by Crippen LogP contribution is 2.29. The maximum atomic E-state index is 14.8. The average Bonchev–Trinajstić information content (AvgIpc) is 3.06. The Labute approximate surface area is 173 Å². The van der Waals surface area contributed by atoms with E-state index in [-0.39, 0.29) is 25.0 Å². The summed E-state index contributed by atoms with van der Waals surface area (Å²) in [4.78, 5) is 35.4. The normalized spacial score (nSPS) is 16.7. The molecule has 0 spiro atoms. The van der Waals surface area contributed by atoms with Gasteiger partial charge in [-0.15, -0.1) is 0 Å². The van der Waals surface area contributed by atoms with Crippen LogP contribution in [0.3, 0.4) is 0 Å². The summed E-state index contributed by atoms with van der Waals surface area (Å²) < 4.78 is 20.0. The summed E-state index contributed by atoms with van der Waals surface area (Å²) in [5.41, 5.74) is 7.37. The second-order valence-corrected chi connectivity index (χ2v) is 7.07. The number of cyclic esters (lactones) is 1. The molecular formula is C21H23FN4O4. The summed E-state index contributed by atoms with van der Waals surface area (Å²) >= 11 is 0. The van der Waals surface area contributed by atoms with E-state index in [1.165, 1.54) is 17.9 Å². The number of urea groups is 1. The van der Waals surface area contributed by atoms with Gasteiger partial charge in [-0.25, -0.2) is 14.0 Å². The fraction of sp³-hybridized carbons (Fsp3) is 0.286. The maximum absolute atomic E-state index is 14.8. The summed E-state index contributed by atoms with van der Waals surface area (Å²) in [5, 5.41) is 5.18. The Kier molecular flexibility index (Phi) is 6.20. The Morgan fingerprint density at radius 2 is 1.97 bits per heavy atom. The van der Waals surface area contributed by atoms with Crippen LogP contribution in [-0.2, 0) is 9.53 Å². The van der Waals surface area contributed by atoms with Gasteiger partial charge in [-0.2, -0.15) is 0 Å². The van der Waals surface area contributed by atoms with Gasteiger partial charge in [-0.1, -0.05) is 24.3 Å². The molecule has 2 atom stereocenters. The molecule has 1 saturated heterocycles. The van der Waals surface area contributed by atoms with E-state index >= 15 is 0 Å². The third-order valence-corrected chi connectivity index (χ3v) is 4.80.